The monoisotopic (exact) mass is 980 g/mol. The molecule has 20 heteroatoms. The molecule has 4 aromatic heterocycles. The van der Waals surface area contributed by atoms with E-state index in [1.54, 1.807) is 55.4 Å². The van der Waals surface area contributed by atoms with Crippen LogP contribution in [0.4, 0.5) is 34.5 Å². The van der Waals surface area contributed by atoms with E-state index >= 15 is 34.5 Å². The van der Waals surface area contributed by atoms with Crippen LogP contribution in [0.25, 0.3) is 44.5 Å². The summed E-state index contributed by atoms with van der Waals surface area (Å²) in [5.74, 6) is 0. The van der Waals surface area contributed by atoms with Crippen molar-refractivity contribution in [1.29, 1.82) is 0 Å². The molecule has 0 radical (unpaired) electrons. The van der Waals surface area contributed by atoms with Gasteiger partial charge in [-0.2, -0.15) is 0 Å². The van der Waals surface area contributed by atoms with Crippen LogP contribution in [0.3, 0.4) is 0 Å². The number of nitrogens with zero attached hydrogens (tertiary/aromatic N) is 8. The maximum atomic E-state index is 16.2. The number of fused-ring (bicyclic) bond motifs is 6. The first-order valence-corrected chi connectivity index (χ1v) is 23.8. The van der Waals surface area contributed by atoms with Crippen LogP contribution in [0.15, 0.2) is 121 Å². The van der Waals surface area contributed by atoms with Crippen molar-refractivity contribution in [2.75, 3.05) is 0 Å². The summed E-state index contributed by atoms with van der Waals surface area (Å²) >= 11 is 0. The molecule has 0 saturated heterocycles. The van der Waals surface area contributed by atoms with E-state index in [-0.39, 0.29) is 22.8 Å². The molecule has 8 aromatic rings. The lowest BCUT2D eigenvalue weighted by atomic mass is 9.88. The van der Waals surface area contributed by atoms with Crippen LogP contribution in [-0.4, -0.2) is 89.0 Å². The molecule has 0 spiro atoms. The highest BCUT2D eigenvalue weighted by Crippen LogP contribution is 2.43. The maximum absolute atomic E-state index is 16.2. The smallest absolute Gasteiger partial charge is 0.386 e. The lowest BCUT2D eigenvalue weighted by Gasteiger charge is -2.35. The lowest BCUT2D eigenvalue weighted by molar-refractivity contribution is -1.01. The Morgan fingerprint density at radius 1 is 0.278 bits per heavy atom. The highest BCUT2D eigenvalue weighted by molar-refractivity contribution is 6.62. The van der Waals surface area contributed by atoms with Gasteiger partial charge in [0.15, 0.2) is 24.9 Å². The third-order valence-electron chi connectivity index (χ3n) is 15.3. The van der Waals surface area contributed by atoms with Crippen LogP contribution in [0.5, 0.6) is 0 Å². The standard InChI is InChI=1S/2C26H24B2F4N4/c2*1-17-23-15-33-28(31,32)36-20(4)26(22-13-9-6-10-14-22)18(2)24(36)16-34(33)27(29,30)35(23)19(3)25(17)21-11-7-5-8-12-21/h2*5-16H,1-4H3. The first-order chi connectivity index (χ1) is 34.1. The van der Waals surface area contributed by atoms with Gasteiger partial charge in [-0.3, -0.25) is 0 Å². The van der Waals surface area contributed by atoms with Gasteiger partial charge >= 0.3 is 27.9 Å². The van der Waals surface area contributed by atoms with Crippen molar-refractivity contribution in [3.05, 3.63) is 189 Å². The van der Waals surface area contributed by atoms with Gasteiger partial charge in [0.2, 0.25) is 0 Å². The third-order valence-corrected chi connectivity index (χ3v) is 15.3. The zero-order valence-electron chi connectivity index (χ0n) is 40.8. The van der Waals surface area contributed by atoms with E-state index < -0.39 is 27.9 Å². The summed E-state index contributed by atoms with van der Waals surface area (Å²) in [4.78, 5) is 0. The minimum atomic E-state index is -4.59. The van der Waals surface area contributed by atoms with E-state index in [2.05, 4.69) is 0 Å². The topological polar surface area (TPSA) is 31.8 Å². The molecule has 0 N–H and O–H groups in total. The number of aromatic nitrogens is 4. The van der Waals surface area contributed by atoms with E-state index in [1.807, 2.05) is 121 Å². The molecule has 0 saturated carbocycles. The molecule has 8 heterocycles. The second-order valence-corrected chi connectivity index (χ2v) is 19.2. The molecule has 364 valence electrons. The Morgan fingerprint density at radius 3 is 0.611 bits per heavy atom. The summed E-state index contributed by atoms with van der Waals surface area (Å²) in [7, 11) is 0. The molecular weight excluding hydrogens is 932 g/mol. The summed E-state index contributed by atoms with van der Waals surface area (Å²) in [6.07, 6.45) is 4.68. The van der Waals surface area contributed by atoms with Crippen molar-refractivity contribution >= 4 is 52.7 Å². The molecule has 0 fully saturated rings. The average molecular weight is 980 g/mol. The Bertz CT molecular complexity index is 3230. The number of hydrazine groups is 2. The second kappa shape index (κ2) is 15.9. The number of halogens is 8. The van der Waals surface area contributed by atoms with Gasteiger partial charge in [0.25, 0.3) is 0 Å². The SMILES string of the molecule is Cc1c(-c2ccccc2)c(C)n2c1C=[N+]1[N+](=Cc3c(C)c(-c4ccccc4)c(C)n3[B-]1(F)F)[B-]2(F)F.Cc1c(-c2ccccc2)c(C)n2c1C=[N+]1[N+](=Cc3c(C)c(-c4ccccc4)c(C)n3[B-]1(F)F)[B-]2(F)F. The van der Waals surface area contributed by atoms with Crippen LogP contribution < -0.4 is 0 Å². The highest BCUT2D eigenvalue weighted by Gasteiger charge is 2.67. The molecule has 72 heavy (non-hydrogen) atoms. The van der Waals surface area contributed by atoms with E-state index in [4.69, 9.17) is 0 Å². The van der Waals surface area contributed by atoms with E-state index in [9.17, 15) is 0 Å². The number of hydrazone groups is 4. The third kappa shape index (κ3) is 6.35. The predicted molar refractivity (Wildman–Crippen MR) is 273 cm³/mol. The summed E-state index contributed by atoms with van der Waals surface area (Å²) in [5.41, 5.74) is 9.57. The molecule has 0 aliphatic carbocycles. The molecule has 8 nitrogen and oxygen atoms in total. The number of hydrogen-bond donors (Lipinski definition) is 0. The van der Waals surface area contributed by atoms with Gasteiger partial charge < -0.3 is 52.4 Å². The Balaban J connectivity index is 0.000000156. The average Bonchev–Trinajstić information content (AvgIpc) is 3.97. The van der Waals surface area contributed by atoms with Crippen LogP contribution in [0.1, 0.15) is 67.8 Å². The normalized spacial score (nSPS) is 17.1. The van der Waals surface area contributed by atoms with Crippen molar-refractivity contribution in [1.82, 2.24) is 17.9 Å². The number of rotatable bonds is 4. The fraction of sp³-hybridized carbons (Fsp3) is 0.154. The van der Waals surface area contributed by atoms with Crippen LogP contribution in [0, 0.1) is 55.4 Å². The molecule has 0 atom stereocenters. The van der Waals surface area contributed by atoms with Crippen LogP contribution in [0.2, 0.25) is 0 Å². The van der Waals surface area contributed by atoms with E-state index in [0.29, 0.717) is 85.7 Å². The van der Waals surface area contributed by atoms with Crippen molar-refractivity contribution in [2.45, 2.75) is 55.4 Å². The molecular formula is C52H48B4F8N8. The lowest BCUT2D eigenvalue weighted by Crippen LogP contribution is -2.66. The molecule has 12 rings (SSSR count). The molecule has 0 bridgehead atoms. The molecule has 4 aliphatic heterocycles. The van der Waals surface area contributed by atoms with Crippen molar-refractivity contribution in [3.63, 3.8) is 0 Å². The van der Waals surface area contributed by atoms with Crippen LogP contribution in [-0.2, 0) is 0 Å². The zero-order valence-corrected chi connectivity index (χ0v) is 40.8. The van der Waals surface area contributed by atoms with Crippen molar-refractivity contribution < 1.29 is 52.9 Å². The molecule has 0 amide bonds. The second-order valence-electron chi connectivity index (χ2n) is 19.2. The first kappa shape index (κ1) is 46.7. The Hall–Kier alpha value is -7.62. The Morgan fingerprint density at radius 2 is 0.444 bits per heavy atom. The summed E-state index contributed by atoms with van der Waals surface area (Å²) < 4.78 is 135. The predicted octanol–water partition coefficient (Wildman–Crippen LogP) is 11.6. The fourth-order valence-electron chi connectivity index (χ4n) is 12.1. The largest absolute Gasteiger partial charge is 0.789 e. The molecule has 0 unspecified atom stereocenters. The fourth-order valence-corrected chi connectivity index (χ4v) is 12.1. The zero-order chi connectivity index (χ0) is 51.1. The van der Waals surface area contributed by atoms with Gasteiger partial charge in [-0.1, -0.05) is 121 Å². The first-order valence-electron chi connectivity index (χ1n) is 23.8. The van der Waals surface area contributed by atoms with Crippen molar-refractivity contribution in [3.8, 4) is 44.5 Å². The maximum Gasteiger partial charge on any atom is 0.789 e. The van der Waals surface area contributed by atoms with Crippen molar-refractivity contribution in [2.24, 2.45) is 0 Å². The number of benzene rings is 4. The minimum Gasteiger partial charge on any atom is -0.386 e. The van der Waals surface area contributed by atoms with Gasteiger partial charge in [0, 0.05) is 22.3 Å². The molecule has 4 aromatic carbocycles. The van der Waals surface area contributed by atoms with E-state index in [0.717, 1.165) is 40.2 Å². The molecule has 4 aliphatic rings. The quantitative estimate of drug-likeness (QED) is 0.124. The number of hydrogen-bond acceptors (Lipinski definition) is 0. The Kier molecular flexibility index (Phi) is 10.4. The summed E-state index contributed by atoms with van der Waals surface area (Å²) in [6, 6.07) is 36.8. The summed E-state index contributed by atoms with van der Waals surface area (Å²) in [6.45, 7) is -5.03. The van der Waals surface area contributed by atoms with Gasteiger partial charge in [0.1, 0.15) is 0 Å². The summed E-state index contributed by atoms with van der Waals surface area (Å²) in [5, 5.41) is 0. The Labute approximate surface area is 411 Å². The van der Waals surface area contributed by atoms with Gasteiger partial charge in [0.05, 0.1) is 22.8 Å². The highest BCUT2D eigenvalue weighted by atomic mass is 19.3. The van der Waals surface area contributed by atoms with Gasteiger partial charge in [-0.05, 0) is 123 Å². The van der Waals surface area contributed by atoms with Gasteiger partial charge in [-0.15, -0.1) is 18.4 Å². The minimum absolute atomic E-state index is 0.0933. The van der Waals surface area contributed by atoms with Crippen LogP contribution >= 0.6 is 0 Å². The van der Waals surface area contributed by atoms with E-state index in [1.165, 1.54) is 24.9 Å². The van der Waals surface area contributed by atoms with Gasteiger partial charge in [-0.25, -0.2) is 0 Å².